The smallest absolute Gasteiger partial charge is 0.360 e. The quantitative estimate of drug-likeness (QED) is 0.397. The topological polar surface area (TPSA) is 140 Å². The highest BCUT2D eigenvalue weighted by atomic mass is 16.6. The first-order valence-electron chi connectivity index (χ1n) is 14.9. The molecule has 214 valence electrons. The molecule has 6 rings (SSSR count). The van der Waals surface area contributed by atoms with Crippen molar-refractivity contribution in [2.45, 2.75) is 101 Å². The van der Waals surface area contributed by atoms with Gasteiger partial charge in [0, 0.05) is 24.2 Å². The molecule has 5 atom stereocenters. The number of hydrogen-bond acceptors (Lipinski definition) is 7. The molecule has 0 spiro atoms. The summed E-state index contributed by atoms with van der Waals surface area (Å²) in [5.41, 5.74) is 4.89. The normalized spacial score (nSPS) is 30.9. The lowest BCUT2D eigenvalue weighted by Gasteiger charge is -2.54. The molecule has 1 aromatic heterocycles. The van der Waals surface area contributed by atoms with Crippen molar-refractivity contribution < 1.29 is 19.5 Å². The lowest BCUT2D eigenvalue weighted by molar-refractivity contribution is -0.130. The summed E-state index contributed by atoms with van der Waals surface area (Å²) >= 11 is 0. The Hall–Kier alpha value is -3.27. The molecule has 3 N–H and O–H groups in total. The van der Waals surface area contributed by atoms with Crippen molar-refractivity contribution in [1.29, 1.82) is 0 Å². The van der Waals surface area contributed by atoms with Crippen LogP contribution in [0.5, 0.6) is 0 Å². The summed E-state index contributed by atoms with van der Waals surface area (Å²) in [6, 6.07) is 8.73. The van der Waals surface area contributed by atoms with E-state index in [1.807, 2.05) is 18.2 Å². The van der Waals surface area contributed by atoms with Gasteiger partial charge in [0.1, 0.15) is 0 Å². The van der Waals surface area contributed by atoms with E-state index in [9.17, 15) is 19.5 Å². The summed E-state index contributed by atoms with van der Waals surface area (Å²) in [6.07, 6.45) is 14.7. The highest BCUT2D eigenvalue weighted by molar-refractivity contribution is 6.41. The van der Waals surface area contributed by atoms with Crippen molar-refractivity contribution in [3.63, 3.8) is 0 Å². The first-order valence-corrected chi connectivity index (χ1v) is 14.9. The standard InChI is InChI=1S/C30H39N5O5/c31-26(36)17-40-33-28(30(38)39)27-29(37)35(25-11-4-3-10-24(25)32-27)23-15-20-8-5-9-21(16-23)34(20)22-13-18-6-1-2-7-19(12-18)14-22/h3-4,10-11,18-23H,1-2,5-9,12-17H2,(H2,31,36)(H,38,39)/b33-28-/t18?,19?,20-,21+,22?,23?. The molecule has 4 fully saturated rings. The SMILES string of the molecule is NC(=O)CO/N=C(\C(=O)O)c1nc2ccccc2n(C2C[C@H]3CCC[C@@H](C2)N3C2CC3CCCCC(C3)C2)c1=O. The van der Waals surface area contributed by atoms with E-state index in [0.717, 1.165) is 37.5 Å². The first-order chi connectivity index (χ1) is 19.4. The Bertz CT molecular complexity index is 1340. The minimum absolute atomic E-state index is 0.0712. The van der Waals surface area contributed by atoms with E-state index < -0.39 is 29.8 Å². The second kappa shape index (κ2) is 11.3. The minimum Gasteiger partial charge on any atom is -0.476 e. The van der Waals surface area contributed by atoms with Gasteiger partial charge in [0.25, 0.3) is 11.5 Å². The summed E-state index contributed by atoms with van der Waals surface area (Å²) < 4.78 is 1.76. The van der Waals surface area contributed by atoms with Gasteiger partial charge in [-0.05, 0) is 68.9 Å². The maximum atomic E-state index is 14.0. The second-order valence-corrected chi connectivity index (χ2v) is 12.3. The summed E-state index contributed by atoms with van der Waals surface area (Å²) in [6.45, 7) is -0.594. The van der Waals surface area contributed by atoms with Gasteiger partial charge in [0.2, 0.25) is 5.71 Å². The van der Waals surface area contributed by atoms with Crippen LogP contribution in [-0.4, -0.2) is 61.9 Å². The first kappa shape index (κ1) is 26.9. The van der Waals surface area contributed by atoms with E-state index >= 15 is 0 Å². The van der Waals surface area contributed by atoms with Gasteiger partial charge >= 0.3 is 5.97 Å². The Morgan fingerprint density at radius 2 is 1.60 bits per heavy atom. The summed E-state index contributed by atoms with van der Waals surface area (Å²) in [5, 5.41) is 13.5. The van der Waals surface area contributed by atoms with Gasteiger partial charge in [-0.15, -0.1) is 0 Å². The molecule has 0 radical (unpaired) electrons. The number of rotatable bonds is 7. The monoisotopic (exact) mass is 549 g/mol. The van der Waals surface area contributed by atoms with E-state index in [0.29, 0.717) is 29.2 Å². The zero-order chi connectivity index (χ0) is 27.8. The molecule has 3 unspecified atom stereocenters. The number of oxime groups is 1. The molecule has 2 aromatic rings. The number of benzene rings is 1. The van der Waals surface area contributed by atoms with Crippen LogP contribution in [0.15, 0.2) is 34.2 Å². The average Bonchev–Trinajstić information content (AvgIpc) is 3.09. The maximum absolute atomic E-state index is 14.0. The fourth-order valence-corrected chi connectivity index (χ4v) is 8.32. The van der Waals surface area contributed by atoms with Crippen LogP contribution < -0.4 is 11.3 Å². The van der Waals surface area contributed by atoms with Crippen molar-refractivity contribution in [1.82, 2.24) is 14.5 Å². The van der Waals surface area contributed by atoms with E-state index in [2.05, 4.69) is 15.0 Å². The molecule has 4 aliphatic rings. The zero-order valence-electron chi connectivity index (χ0n) is 22.9. The number of carbonyl (C=O) groups excluding carboxylic acids is 1. The van der Waals surface area contributed by atoms with Gasteiger partial charge in [0.05, 0.1) is 11.0 Å². The van der Waals surface area contributed by atoms with Crippen molar-refractivity contribution in [2.24, 2.45) is 22.7 Å². The molecule has 10 heteroatoms. The van der Waals surface area contributed by atoms with Crippen LogP contribution in [-0.2, 0) is 14.4 Å². The number of primary amides is 1. The Labute approximate surface area is 233 Å². The van der Waals surface area contributed by atoms with Crippen molar-refractivity contribution in [3.8, 4) is 0 Å². The van der Waals surface area contributed by atoms with Crippen molar-refractivity contribution in [2.75, 3.05) is 6.61 Å². The molecule has 2 aliphatic carbocycles. The number of carboxylic acid groups (broad SMARTS) is 1. The van der Waals surface area contributed by atoms with Gasteiger partial charge in [-0.25, -0.2) is 9.78 Å². The van der Waals surface area contributed by atoms with E-state index in [4.69, 9.17) is 10.6 Å². The fourth-order valence-electron chi connectivity index (χ4n) is 8.32. The van der Waals surface area contributed by atoms with E-state index in [-0.39, 0.29) is 11.7 Å². The Kier molecular flexibility index (Phi) is 7.61. The molecule has 2 saturated heterocycles. The Morgan fingerprint density at radius 3 is 2.25 bits per heavy atom. The second-order valence-electron chi connectivity index (χ2n) is 12.3. The predicted octanol–water partition coefficient (Wildman–Crippen LogP) is 3.60. The molecule has 10 nitrogen and oxygen atoms in total. The molecular formula is C30H39N5O5. The van der Waals surface area contributed by atoms with Crippen LogP contribution >= 0.6 is 0 Å². The number of hydrogen-bond donors (Lipinski definition) is 2. The highest BCUT2D eigenvalue weighted by Gasteiger charge is 2.45. The molecule has 1 aromatic carbocycles. The van der Waals surface area contributed by atoms with E-state index in [1.165, 1.54) is 51.4 Å². The van der Waals surface area contributed by atoms with Crippen molar-refractivity contribution >= 4 is 28.6 Å². The fraction of sp³-hybridized carbons (Fsp3) is 0.633. The molecule has 2 saturated carbocycles. The number of piperidine rings is 2. The van der Waals surface area contributed by atoms with Gasteiger partial charge in [-0.3, -0.25) is 14.5 Å². The number of aromatic nitrogens is 2. The number of carboxylic acids is 1. The molecule has 40 heavy (non-hydrogen) atoms. The van der Waals surface area contributed by atoms with Gasteiger partial charge < -0.3 is 20.2 Å². The van der Waals surface area contributed by atoms with Gasteiger partial charge in [0.15, 0.2) is 12.3 Å². The van der Waals surface area contributed by atoms with Gasteiger partial charge in [-0.1, -0.05) is 49.4 Å². The van der Waals surface area contributed by atoms with Crippen LogP contribution in [0.2, 0.25) is 0 Å². The predicted molar refractivity (Wildman–Crippen MR) is 150 cm³/mol. The minimum atomic E-state index is -1.46. The summed E-state index contributed by atoms with van der Waals surface area (Å²) in [5.74, 6) is -0.552. The largest absolute Gasteiger partial charge is 0.476 e. The van der Waals surface area contributed by atoms with Crippen LogP contribution in [0.25, 0.3) is 11.0 Å². The van der Waals surface area contributed by atoms with Gasteiger partial charge in [-0.2, -0.15) is 0 Å². The molecule has 3 heterocycles. The van der Waals surface area contributed by atoms with E-state index in [1.54, 1.807) is 10.6 Å². The third-order valence-electron chi connectivity index (χ3n) is 9.73. The summed E-state index contributed by atoms with van der Waals surface area (Å²) in [7, 11) is 0. The molecule has 1 amide bonds. The maximum Gasteiger partial charge on any atom is 0.360 e. The Balaban J connectivity index is 1.35. The lowest BCUT2D eigenvalue weighted by atomic mass is 9.73. The molecule has 4 bridgehead atoms. The number of nitrogens with two attached hydrogens (primary N) is 1. The van der Waals surface area contributed by atoms with Crippen LogP contribution in [0.3, 0.4) is 0 Å². The highest BCUT2D eigenvalue weighted by Crippen LogP contribution is 2.47. The molecule has 2 aliphatic heterocycles. The third kappa shape index (κ3) is 5.25. The number of nitrogens with zero attached hydrogens (tertiary/aromatic N) is 4. The van der Waals surface area contributed by atoms with Crippen molar-refractivity contribution in [3.05, 3.63) is 40.3 Å². The average molecular weight is 550 g/mol. The lowest BCUT2D eigenvalue weighted by Crippen LogP contribution is -2.58. The summed E-state index contributed by atoms with van der Waals surface area (Å²) in [4.78, 5) is 49.3. The number of carbonyl (C=O) groups is 2. The zero-order valence-corrected chi connectivity index (χ0v) is 22.9. The number of fused-ring (bicyclic) bond motifs is 5. The molecular weight excluding hydrogens is 510 g/mol. The Morgan fingerprint density at radius 1 is 0.925 bits per heavy atom. The number of aliphatic carboxylic acids is 1. The van der Waals surface area contributed by atoms with Crippen LogP contribution in [0.1, 0.15) is 88.8 Å². The number of amides is 1. The van der Waals surface area contributed by atoms with Crippen LogP contribution in [0.4, 0.5) is 0 Å². The number of para-hydroxylation sites is 2. The third-order valence-corrected chi connectivity index (χ3v) is 9.73. The van der Waals surface area contributed by atoms with Crippen LogP contribution in [0, 0.1) is 11.8 Å².